The minimum absolute atomic E-state index is 0.509. The quantitative estimate of drug-likeness (QED) is 0.734. The van der Waals surface area contributed by atoms with Gasteiger partial charge in [-0.2, -0.15) is 4.98 Å². The molecule has 0 amide bonds. The Balaban J connectivity index is 1.59. The zero-order valence-corrected chi connectivity index (χ0v) is 11.3. The maximum Gasteiger partial charge on any atom is 0.222 e. The van der Waals surface area contributed by atoms with Crippen molar-refractivity contribution in [3.05, 3.63) is 54.7 Å². The van der Waals surface area contributed by atoms with Crippen LogP contribution in [0.1, 0.15) is 24.6 Å². The fourth-order valence-corrected chi connectivity index (χ4v) is 2.11. The summed E-state index contributed by atoms with van der Waals surface area (Å²) in [7, 11) is 0. The van der Waals surface area contributed by atoms with E-state index in [1.807, 2.05) is 24.3 Å². The molecular weight excluding hydrogens is 266 g/mol. The van der Waals surface area contributed by atoms with E-state index in [2.05, 4.69) is 20.3 Å². The lowest BCUT2D eigenvalue weighted by Gasteiger charge is -2.07. The Morgan fingerprint density at radius 3 is 2.90 bits per heavy atom. The van der Waals surface area contributed by atoms with Crippen LogP contribution in [0.25, 0.3) is 5.69 Å². The minimum Gasteiger partial charge on any atom is -0.439 e. The zero-order valence-electron chi connectivity index (χ0n) is 11.3. The molecule has 2 aromatic heterocycles. The van der Waals surface area contributed by atoms with Crippen LogP contribution in [0.4, 0.5) is 0 Å². The average Bonchev–Trinajstić information content (AvgIpc) is 3.23. The Labute approximate surface area is 121 Å². The Hall–Kier alpha value is -2.76. The molecule has 0 radical (unpaired) electrons. The van der Waals surface area contributed by atoms with E-state index in [1.165, 1.54) is 12.8 Å². The average molecular weight is 279 g/mol. The van der Waals surface area contributed by atoms with Gasteiger partial charge in [0.2, 0.25) is 5.88 Å². The number of hydrogen-bond donors (Lipinski definition) is 0. The highest BCUT2D eigenvalue weighted by Crippen LogP contribution is 2.38. The molecule has 6 nitrogen and oxygen atoms in total. The number of rotatable bonds is 4. The molecular formula is C15H13N5O. The highest BCUT2D eigenvalue weighted by Gasteiger charge is 2.26. The SMILES string of the molecule is c1cc(Oc2ccnc(C3CC3)n2)cc(-n2ccnn2)c1. The van der Waals surface area contributed by atoms with Crippen molar-refractivity contribution in [2.75, 3.05) is 0 Å². The summed E-state index contributed by atoms with van der Waals surface area (Å²) in [4.78, 5) is 8.74. The summed E-state index contributed by atoms with van der Waals surface area (Å²) >= 11 is 0. The van der Waals surface area contributed by atoms with E-state index in [-0.39, 0.29) is 0 Å². The third-order valence-electron chi connectivity index (χ3n) is 3.32. The van der Waals surface area contributed by atoms with Crippen LogP contribution >= 0.6 is 0 Å². The Morgan fingerprint density at radius 2 is 2.10 bits per heavy atom. The van der Waals surface area contributed by atoms with Gasteiger partial charge < -0.3 is 4.74 Å². The fraction of sp³-hybridized carbons (Fsp3) is 0.200. The van der Waals surface area contributed by atoms with Crippen LogP contribution in [-0.2, 0) is 0 Å². The van der Waals surface area contributed by atoms with E-state index in [4.69, 9.17) is 4.74 Å². The van der Waals surface area contributed by atoms with Crippen LogP contribution in [0.3, 0.4) is 0 Å². The van der Waals surface area contributed by atoms with Crippen LogP contribution in [0.15, 0.2) is 48.9 Å². The lowest BCUT2D eigenvalue weighted by atomic mass is 10.3. The first kappa shape index (κ1) is 12.0. The molecule has 1 saturated carbocycles. The standard InChI is InChI=1S/C15H13N5O/c1-2-12(20-9-8-17-19-20)10-13(3-1)21-14-6-7-16-15(18-14)11-4-5-11/h1-3,6-11H,4-5H2. The monoisotopic (exact) mass is 279 g/mol. The first-order valence-corrected chi connectivity index (χ1v) is 6.86. The van der Waals surface area contributed by atoms with Crippen LogP contribution in [0.5, 0.6) is 11.6 Å². The number of aromatic nitrogens is 5. The summed E-state index contributed by atoms with van der Waals surface area (Å²) in [6, 6.07) is 9.41. The lowest BCUT2D eigenvalue weighted by molar-refractivity contribution is 0.458. The highest BCUT2D eigenvalue weighted by molar-refractivity contribution is 5.39. The molecule has 4 rings (SSSR count). The Bertz CT molecular complexity index is 752. The van der Waals surface area contributed by atoms with Gasteiger partial charge in [0, 0.05) is 24.2 Å². The van der Waals surface area contributed by atoms with Crippen molar-refractivity contribution < 1.29 is 4.74 Å². The maximum absolute atomic E-state index is 5.82. The molecule has 0 unspecified atom stereocenters. The highest BCUT2D eigenvalue weighted by atomic mass is 16.5. The predicted molar refractivity (Wildman–Crippen MR) is 75.4 cm³/mol. The molecule has 0 N–H and O–H groups in total. The third kappa shape index (κ3) is 2.60. The van der Waals surface area contributed by atoms with E-state index < -0.39 is 0 Å². The molecule has 1 aromatic carbocycles. The van der Waals surface area contributed by atoms with Crippen LogP contribution in [-0.4, -0.2) is 25.0 Å². The van der Waals surface area contributed by atoms with Gasteiger partial charge >= 0.3 is 0 Å². The fourth-order valence-electron chi connectivity index (χ4n) is 2.11. The molecule has 1 aliphatic carbocycles. The van der Waals surface area contributed by atoms with Gasteiger partial charge in [0.25, 0.3) is 0 Å². The van der Waals surface area contributed by atoms with Crippen LogP contribution < -0.4 is 4.74 Å². The van der Waals surface area contributed by atoms with Crippen molar-refractivity contribution in [1.29, 1.82) is 0 Å². The molecule has 6 heteroatoms. The van der Waals surface area contributed by atoms with Crippen LogP contribution in [0, 0.1) is 0 Å². The number of ether oxygens (including phenoxy) is 1. The second-order valence-electron chi connectivity index (χ2n) is 4.97. The van der Waals surface area contributed by atoms with Gasteiger partial charge in [0.1, 0.15) is 11.6 Å². The molecule has 3 aromatic rings. The Kier molecular flexibility index (Phi) is 2.85. The second-order valence-corrected chi connectivity index (χ2v) is 4.97. The summed E-state index contributed by atoms with van der Waals surface area (Å²) < 4.78 is 7.51. The van der Waals surface area contributed by atoms with Gasteiger partial charge in [-0.1, -0.05) is 11.3 Å². The molecule has 0 spiro atoms. The summed E-state index contributed by atoms with van der Waals surface area (Å²) in [5.41, 5.74) is 0.890. The normalized spacial score (nSPS) is 14.1. The smallest absolute Gasteiger partial charge is 0.222 e. The molecule has 0 bridgehead atoms. The van der Waals surface area contributed by atoms with E-state index in [0.717, 1.165) is 11.5 Å². The number of nitrogens with zero attached hydrogens (tertiary/aromatic N) is 5. The first-order valence-electron chi connectivity index (χ1n) is 6.86. The van der Waals surface area contributed by atoms with E-state index in [0.29, 0.717) is 17.5 Å². The van der Waals surface area contributed by atoms with Crippen molar-refractivity contribution in [1.82, 2.24) is 25.0 Å². The Morgan fingerprint density at radius 1 is 1.14 bits per heavy atom. The molecule has 1 fully saturated rings. The van der Waals surface area contributed by atoms with Gasteiger partial charge in [-0.05, 0) is 25.0 Å². The molecule has 0 aliphatic heterocycles. The molecule has 2 heterocycles. The second kappa shape index (κ2) is 4.97. The van der Waals surface area contributed by atoms with Crippen LogP contribution in [0.2, 0.25) is 0 Å². The minimum atomic E-state index is 0.509. The van der Waals surface area contributed by atoms with Gasteiger partial charge in [0.05, 0.1) is 18.1 Å². The summed E-state index contributed by atoms with van der Waals surface area (Å²) in [5.74, 6) is 2.67. The van der Waals surface area contributed by atoms with Crippen molar-refractivity contribution in [2.24, 2.45) is 0 Å². The van der Waals surface area contributed by atoms with E-state index >= 15 is 0 Å². The summed E-state index contributed by atoms with van der Waals surface area (Å²) in [5, 5.41) is 7.77. The van der Waals surface area contributed by atoms with Gasteiger partial charge in [-0.25, -0.2) is 9.67 Å². The first-order chi connectivity index (χ1) is 10.4. The van der Waals surface area contributed by atoms with Gasteiger partial charge in [-0.15, -0.1) is 5.10 Å². The lowest BCUT2D eigenvalue weighted by Crippen LogP contribution is -1.97. The third-order valence-corrected chi connectivity index (χ3v) is 3.32. The van der Waals surface area contributed by atoms with Gasteiger partial charge in [-0.3, -0.25) is 0 Å². The summed E-state index contributed by atoms with van der Waals surface area (Å²) in [6.07, 6.45) is 7.52. The van der Waals surface area contributed by atoms with Crippen molar-refractivity contribution in [3.8, 4) is 17.3 Å². The van der Waals surface area contributed by atoms with Crippen molar-refractivity contribution in [3.63, 3.8) is 0 Å². The molecule has 1 aliphatic rings. The van der Waals surface area contributed by atoms with Crippen molar-refractivity contribution >= 4 is 0 Å². The van der Waals surface area contributed by atoms with E-state index in [9.17, 15) is 0 Å². The largest absolute Gasteiger partial charge is 0.439 e. The molecule has 21 heavy (non-hydrogen) atoms. The zero-order chi connectivity index (χ0) is 14.1. The van der Waals surface area contributed by atoms with Gasteiger partial charge in [0.15, 0.2) is 0 Å². The predicted octanol–water partition coefficient (Wildman–Crippen LogP) is 2.73. The molecule has 0 atom stereocenters. The topological polar surface area (TPSA) is 65.7 Å². The number of hydrogen-bond acceptors (Lipinski definition) is 5. The van der Waals surface area contributed by atoms with Crippen molar-refractivity contribution in [2.45, 2.75) is 18.8 Å². The van der Waals surface area contributed by atoms with E-state index in [1.54, 1.807) is 29.3 Å². The number of benzene rings is 1. The molecule has 104 valence electrons. The molecule has 0 saturated heterocycles. The summed E-state index contributed by atoms with van der Waals surface area (Å²) in [6.45, 7) is 0. The maximum atomic E-state index is 5.82.